The monoisotopic (exact) mass is 582 g/mol. The Bertz CT molecular complexity index is 1040. The van der Waals surface area contributed by atoms with Crippen molar-refractivity contribution < 1.29 is 34.2 Å². The van der Waals surface area contributed by atoms with Crippen LogP contribution < -0.4 is 38.5 Å². The minimum atomic E-state index is -1.57. The third-order valence-corrected chi connectivity index (χ3v) is 6.20. The molecule has 0 spiro atoms. The number of carbonyl (C=O) groups excluding carboxylic acids is 4. The van der Waals surface area contributed by atoms with Gasteiger partial charge in [-0.05, 0) is 25.7 Å². The number of aromatic nitrogens is 2. The predicted octanol–water partition coefficient (Wildman–Crippen LogP) is -3.58. The Balaban J connectivity index is 2.84. The molecule has 17 heteroatoms. The van der Waals surface area contributed by atoms with Crippen molar-refractivity contribution in [2.24, 2.45) is 28.1 Å². The van der Waals surface area contributed by atoms with Gasteiger partial charge >= 0.3 is 5.97 Å². The van der Waals surface area contributed by atoms with E-state index in [2.05, 4.69) is 36.2 Å². The van der Waals surface area contributed by atoms with Crippen molar-refractivity contribution in [2.45, 2.75) is 76.7 Å². The fourth-order valence-corrected chi connectivity index (χ4v) is 3.60. The largest absolute Gasteiger partial charge is 0.480 e. The third-order valence-electron chi connectivity index (χ3n) is 6.20. The Labute approximate surface area is 237 Å². The van der Waals surface area contributed by atoms with Crippen LogP contribution in [0.25, 0.3) is 0 Å². The molecule has 0 aliphatic rings. The Morgan fingerprint density at radius 2 is 1.73 bits per heavy atom. The summed E-state index contributed by atoms with van der Waals surface area (Å²) in [7, 11) is 0. The van der Waals surface area contributed by atoms with Gasteiger partial charge in [0.25, 0.3) is 0 Å². The van der Waals surface area contributed by atoms with Crippen molar-refractivity contribution in [3.63, 3.8) is 0 Å². The molecule has 0 radical (unpaired) electrons. The second-order valence-corrected chi connectivity index (χ2v) is 9.61. The van der Waals surface area contributed by atoms with Gasteiger partial charge in [-0.25, -0.2) is 9.78 Å². The van der Waals surface area contributed by atoms with Crippen molar-refractivity contribution >= 4 is 35.6 Å². The van der Waals surface area contributed by atoms with Gasteiger partial charge in [-0.2, -0.15) is 0 Å². The number of aliphatic hydroxyl groups excluding tert-OH is 1. The average Bonchev–Trinajstić information content (AvgIpc) is 3.42. The lowest BCUT2D eigenvalue weighted by atomic mass is 9.97. The second kappa shape index (κ2) is 17.4. The highest BCUT2D eigenvalue weighted by atomic mass is 16.4. The molecule has 0 saturated carbocycles. The minimum absolute atomic E-state index is 0.0216. The van der Waals surface area contributed by atoms with E-state index in [0.717, 1.165) is 0 Å². The number of nitrogens with two attached hydrogens (primary N) is 3. The van der Waals surface area contributed by atoms with Crippen LogP contribution in [0, 0.1) is 5.92 Å². The molecule has 230 valence electrons. The van der Waals surface area contributed by atoms with Crippen molar-refractivity contribution in [2.75, 3.05) is 13.1 Å². The number of guanidine groups is 1. The van der Waals surface area contributed by atoms with Crippen LogP contribution in [0.2, 0.25) is 0 Å². The Hall–Kier alpha value is -4.25. The molecule has 1 aromatic rings. The molecule has 0 unspecified atom stereocenters. The maximum Gasteiger partial charge on any atom is 0.328 e. The van der Waals surface area contributed by atoms with Crippen LogP contribution in [0.4, 0.5) is 0 Å². The smallest absolute Gasteiger partial charge is 0.328 e. The van der Waals surface area contributed by atoms with E-state index in [-0.39, 0.29) is 25.3 Å². The maximum atomic E-state index is 13.0. The topological polar surface area (TPSA) is 293 Å². The van der Waals surface area contributed by atoms with Gasteiger partial charge in [0.1, 0.15) is 12.1 Å². The van der Waals surface area contributed by atoms with Crippen LogP contribution in [-0.2, 0) is 30.4 Å². The molecule has 0 aromatic carbocycles. The summed E-state index contributed by atoms with van der Waals surface area (Å²) in [6, 6.07) is -4.77. The summed E-state index contributed by atoms with van der Waals surface area (Å²) in [5.74, 6) is -4.74. The van der Waals surface area contributed by atoms with Gasteiger partial charge in [-0.1, -0.05) is 20.3 Å². The zero-order chi connectivity index (χ0) is 31.1. The number of amides is 4. The van der Waals surface area contributed by atoms with Gasteiger partial charge in [-0.3, -0.25) is 24.2 Å². The quantitative estimate of drug-likeness (QED) is 0.0458. The summed E-state index contributed by atoms with van der Waals surface area (Å²) in [6.07, 6.45) is 2.66. The minimum Gasteiger partial charge on any atom is -0.480 e. The normalized spacial score (nSPS) is 15.2. The fourth-order valence-electron chi connectivity index (χ4n) is 3.60. The molecule has 13 N–H and O–H groups in total. The summed E-state index contributed by atoms with van der Waals surface area (Å²) >= 11 is 0. The lowest BCUT2D eigenvalue weighted by Gasteiger charge is -2.26. The first kappa shape index (κ1) is 34.8. The Morgan fingerprint density at radius 1 is 1.05 bits per heavy atom. The zero-order valence-electron chi connectivity index (χ0n) is 23.4. The number of hydrogen-bond acceptors (Lipinski definition) is 9. The molecular formula is C24H42N10O7. The maximum absolute atomic E-state index is 13.0. The molecule has 0 aliphatic heterocycles. The van der Waals surface area contributed by atoms with Gasteiger partial charge in [0, 0.05) is 24.9 Å². The summed E-state index contributed by atoms with van der Waals surface area (Å²) in [5, 5.41) is 28.6. The number of aliphatic imine (C=N–C) groups is 1. The number of carboxylic acids is 1. The zero-order valence-corrected chi connectivity index (χ0v) is 23.4. The summed E-state index contributed by atoms with van der Waals surface area (Å²) in [4.78, 5) is 73.0. The first-order chi connectivity index (χ1) is 19.3. The van der Waals surface area contributed by atoms with Gasteiger partial charge < -0.3 is 53.7 Å². The van der Waals surface area contributed by atoms with E-state index in [4.69, 9.17) is 17.2 Å². The van der Waals surface area contributed by atoms with Crippen molar-refractivity contribution in [1.82, 2.24) is 31.2 Å². The fraction of sp³-hybridized carbons (Fsp3) is 0.625. The molecule has 41 heavy (non-hydrogen) atoms. The van der Waals surface area contributed by atoms with E-state index in [0.29, 0.717) is 18.5 Å². The second-order valence-electron chi connectivity index (χ2n) is 9.61. The van der Waals surface area contributed by atoms with Crippen molar-refractivity contribution in [3.8, 4) is 0 Å². The summed E-state index contributed by atoms with van der Waals surface area (Å²) in [5.41, 5.74) is 17.0. The molecule has 0 saturated heterocycles. The number of aromatic amines is 1. The molecule has 17 nitrogen and oxygen atoms in total. The van der Waals surface area contributed by atoms with E-state index >= 15 is 0 Å². The molecule has 1 heterocycles. The highest BCUT2D eigenvalue weighted by molar-refractivity contribution is 5.94. The first-order valence-electron chi connectivity index (χ1n) is 13.1. The van der Waals surface area contributed by atoms with Crippen LogP contribution in [-0.4, -0.2) is 99.1 Å². The van der Waals surface area contributed by atoms with E-state index in [1.54, 1.807) is 13.8 Å². The number of carbonyl (C=O) groups is 5. The van der Waals surface area contributed by atoms with E-state index in [1.807, 2.05) is 0 Å². The highest BCUT2D eigenvalue weighted by Crippen LogP contribution is 2.09. The molecular weight excluding hydrogens is 540 g/mol. The van der Waals surface area contributed by atoms with Gasteiger partial charge in [0.15, 0.2) is 12.0 Å². The number of hydrogen-bond donors (Lipinski definition) is 10. The molecule has 1 rings (SSSR count). The van der Waals surface area contributed by atoms with E-state index < -0.39 is 72.3 Å². The number of nitrogens with one attached hydrogen (secondary N) is 5. The molecule has 0 fully saturated rings. The number of H-pyrrole nitrogens is 1. The summed E-state index contributed by atoms with van der Waals surface area (Å²) in [6.45, 7) is 4.40. The van der Waals surface area contributed by atoms with Crippen LogP contribution >= 0.6 is 0 Å². The standard InChI is InChI=1S/C24H42N10O7/c1-4-12(2)18(22(39)34-19(13(3)35)23(40)41)33-17(36)10-30-21(38)16(8-14-9-28-11-31-14)32-20(37)15(25)6-5-7-29-24(26)27/h9,11-13,15-16,18-19,35H,4-8,10,25H2,1-3H3,(H,28,31)(H,30,38)(H,32,37)(H,33,36)(H,34,39)(H,40,41)(H4,26,27,29)/t12-,13+,15-,16-,18-,19-/m0/s1. The van der Waals surface area contributed by atoms with Crippen LogP contribution in [0.5, 0.6) is 0 Å². The highest BCUT2D eigenvalue weighted by Gasteiger charge is 2.32. The lowest BCUT2D eigenvalue weighted by Crippen LogP contribution is -2.58. The van der Waals surface area contributed by atoms with Crippen LogP contribution in [0.3, 0.4) is 0 Å². The number of aliphatic carboxylic acids is 1. The number of rotatable bonds is 18. The van der Waals surface area contributed by atoms with Crippen molar-refractivity contribution in [3.05, 3.63) is 18.2 Å². The van der Waals surface area contributed by atoms with Gasteiger partial charge in [0.05, 0.1) is 25.0 Å². The van der Waals surface area contributed by atoms with E-state index in [9.17, 15) is 34.2 Å². The molecule has 0 aliphatic carbocycles. The third kappa shape index (κ3) is 12.6. The number of imidazole rings is 1. The SMILES string of the molecule is CC[C@H](C)[C@H](NC(=O)CNC(=O)[C@H](Cc1cnc[nH]1)NC(=O)[C@@H](N)CCCN=C(N)N)C(=O)N[C@H](C(=O)O)[C@@H](C)O. The predicted molar refractivity (Wildman–Crippen MR) is 148 cm³/mol. The average molecular weight is 583 g/mol. The van der Waals surface area contributed by atoms with Crippen LogP contribution in [0.15, 0.2) is 17.5 Å². The van der Waals surface area contributed by atoms with Gasteiger partial charge in [-0.15, -0.1) is 0 Å². The molecule has 6 atom stereocenters. The molecule has 0 bridgehead atoms. The molecule has 4 amide bonds. The van der Waals surface area contributed by atoms with Crippen molar-refractivity contribution in [1.29, 1.82) is 0 Å². The first-order valence-corrected chi connectivity index (χ1v) is 13.1. The van der Waals surface area contributed by atoms with Crippen LogP contribution in [0.1, 0.15) is 45.7 Å². The van der Waals surface area contributed by atoms with Gasteiger partial charge in [0.2, 0.25) is 23.6 Å². The van der Waals surface area contributed by atoms with E-state index in [1.165, 1.54) is 19.4 Å². The Morgan fingerprint density at radius 3 is 2.27 bits per heavy atom. The molecule has 1 aromatic heterocycles. The number of carboxylic acid groups (broad SMARTS) is 1. The lowest BCUT2D eigenvalue weighted by molar-refractivity contribution is -0.145. The Kier molecular flexibility index (Phi) is 14.8. The number of nitrogens with zero attached hydrogens (tertiary/aromatic N) is 2. The number of aliphatic hydroxyl groups is 1. The summed E-state index contributed by atoms with van der Waals surface area (Å²) < 4.78 is 0.